The first-order chi connectivity index (χ1) is 16.6. The van der Waals surface area contributed by atoms with Crippen molar-refractivity contribution in [2.75, 3.05) is 46.5 Å². The topological polar surface area (TPSA) is 89.3 Å². The molecule has 0 saturated carbocycles. The molecule has 3 heterocycles. The highest BCUT2D eigenvalue weighted by molar-refractivity contribution is 6.43. The maximum Gasteiger partial charge on any atom is 0.291 e. The molecule has 2 atom stereocenters. The van der Waals surface area contributed by atoms with Gasteiger partial charge in [0.2, 0.25) is 11.6 Å². The Labute approximate surface area is 197 Å². The number of amides is 1. The minimum atomic E-state index is -1.19. The number of para-hydroxylation sites is 1. The summed E-state index contributed by atoms with van der Waals surface area (Å²) in [4.78, 5) is 43.7. The quantitative estimate of drug-likeness (QED) is 0.303. The average molecular weight is 463 g/mol. The molecule has 0 N–H and O–H groups in total. The minimum Gasteiger partial charge on any atom is -0.497 e. The lowest BCUT2D eigenvalue weighted by Crippen LogP contribution is -2.42. The van der Waals surface area contributed by atoms with Crippen molar-refractivity contribution in [1.29, 1.82) is 0 Å². The number of fused-ring (bicyclic) bond motifs is 1. The molecule has 0 aliphatic carbocycles. The van der Waals surface area contributed by atoms with Gasteiger partial charge < -0.3 is 18.8 Å². The fourth-order valence-corrected chi connectivity index (χ4v) is 4.76. The highest BCUT2D eigenvalue weighted by Crippen LogP contribution is 2.39. The van der Waals surface area contributed by atoms with Gasteiger partial charge in [-0.3, -0.25) is 19.3 Å². The van der Waals surface area contributed by atoms with Crippen LogP contribution in [0.25, 0.3) is 11.0 Å². The number of carbonyl (C=O) groups is 3. The number of morpholine rings is 1. The van der Waals surface area contributed by atoms with E-state index in [1.165, 1.54) is 4.90 Å². The van der Waals surface area contributed by atoms with Gasteiger partial charge in [0.25, 0.3) is 5.91 Å². The summed E-state index contributed by atoms with van der Waals surface area (Å²) in [6.45, 7) is 3.73. The first kappa shape index (κ1) is 22.3. The van der Waals surface area contributed by atoms with Crippen molar-refractivity contribution >= 4 is 28.4 Å². The van der Waals surface area contributed by atoms with E-state index in [-0.39, 0.29) is 5.76 Å². The lowest BCUT2D eigenvalue weighted by atomic mass is 9.88. The van der Waals surface area contributed by atoms with Gasteiger partial charge in [-0.25, -0.2) is 0 Å². The molecule has 3 aromatic rings. The van der Waals surface area contributed by atoms with E-state index in [4.69, 9.17) is 13.9 Å². The molecule has 1 aromatic heterocycles. The SMILES string of the molecule is COc1cccc(C2C(C(=O)c3cc4ccccc4o3)C(=O)C(=O)N2CCN2CCOCC2)c1. The van der Waals surface area contributed by atoms with E-state index in [0.29, 0.717) is 43.2 Å². The van der Waals surface area contributed by atoms with Crippen molar-refractivity contribution in [3.05, 3.63) is 65.9 Å². The smallest absolute Gasteiger partial charge is 0.291 e. The Morgan fingerprint density at radius 3 is 2.59 bits per heavy atom. The van der Waals surface area contributed by atoms with Crippen LogP contribution >= 0.6 is 0 Å². The molecule has 2 aliphatic rings. The first-order valence-corrected chi connectivity index (χ1v) is 11.4. The van der Waals surface area contributed by atoms with E-state index >= 15 is 0 Å². The van der Waals surface area contributed by atoms with Crippen LogP contribution in [-0.4, -0.2) is 73.8 Å². The van der Waals surface area contributed by atoms with E-state index in [1.54, 1.807) is 37.4 Å². The van der Waals surface area contributed by atoms with Gasteiger partial charge >= 0.3 is 0 Å². The summed E-state index contributed by atoms with van der Waals surface area (Å²) in [5.74, 6) is -2.36. The maximum atomic E-state index is 13.6. The molecule has 8 heteroatoms. The molecule has 5 rings (SSSR count). The zero-order valence-electron chi connectivity index (χ0n) is 18.9. The number of nitrogens with zero attached hydrogens (tertiary/aromatic N) is 2. The zero-order chi connectivity index (χ0) is 23.7. The van der Waals surface area contributed by atoms with Crippen LogP contribution in [0.2, 0.25) is 0 Å². The summed E-state index contributed by atoms with van der Waals surface area (Å²) in [5.41, 5.74) is 1.24. The highest BCUT2D eigenvalue weighted by atomic mass is 16.5. The Morgan fingerprint density at radius 1 is 1.03 bits per heavy atom. The number of hydrogen-bond donors (Lipinski definition) is 0. The number of carbonyl (C=O) groups excluding carboxylic acids is 3. The molecular formula is C26H26N2O6. The third-order valence-corrected chi connectivity index (χ3v) is 6.55. The van der Waals surface area contributed by atoms with Crippen LogP contribution in [0.1, 0.15) is 22.2 Å². The Morgan fingerprint density at radius 2 is 1.82 bits per heavy atom. The second-order valence-corrected chi connectivity index (χ2v) is 8.53. The summed E-state index contributed by atoms with van der Waals surface area (Å²) in [6.07, 6.45) is 0. The molecule has 34 heavy (non-hydrogen) atoms. The van der Waals surface area contributed by atoms with Gasteiger partial charge in [0, 0.05) is 31.6 Å². The number of likely N-dealkylation sites (tertiary alicyclic amines) is 1. The Balaban J connectivity index is 1.50. The average Bonchev–Trinajstić information content (AvgIpc) is 3.42. The normalized spacial score (nSPS) is 21.4. The predicted molar refractivity (Wildman–Crippen MR) is 124 cm³/mol. The summed E-state index contributed by atoms with van der Waals surface area (Å²) >= 11 is 0. The molecule has 0 spiro atoms. The molecule has 2 aromatic carbocycles. The van der Waals surface area contributed by atoms with E-state index in [9.17, 15) is 14.4 Å². The van der Waals surface area contributed by atoms with Crippen LogP contribution in [-0.2, 0) is 14.3 Å². The van der Waals surface area contributed by atoms with Crippen molar-refractivity contribution < 1.29 is 28.3 Å². The predicted octanol–water partition coefficient (Wildman–Crippen LogP) is 2.73. The van der Waals surface area contributed by atoms with Crippen LogP contribution < -0.4 is 4.74 Å². The molecule has 2 unspecified atom stereocenters. The molecule has 2 saturated heterocycles. The number of ether oxygens (including phenoxy) is 2. The molecule has 0 bridgehead atoms. The van der Waals surface area contributed by atoms with Crippen molar-refractivity contribution in [2.45, 2.75) is 6.04 Å². The minimum absolute atomic E-state index is 0.0790. The molecular weight excluding hydrogens is 436 g/mol. The fraction of sp³-hybridized carbons (Fsp3) is 0.346. The molecule has 1 amide bonds. The van der Waals surface area contributed by atoms with Gasteiger partial charge in [0.1, 0.15) is 17.3 Å². The standard InChI is InChI=1S/C26H26N2O6/c1-32-19-7-4-6-18(15-19)23-22(24(29)21-16-17-5-2-3-8-20(17)34-21)25(30)26(31)28(23)10-9-27-11-13-33-14-12-27/h2-8,15-16,22-23H,9-14H2,1H3. The van der Waals surface area contributed by atoms with E-state index in [1.807, 2.05) is 24.3 Å². The highest BCUT2D eigenvalue weighted by Gasteiger charge is 2.52. The van der Waals surface area contributed by atoms with Crippen molar-refractivity contribution in [1.82, 2.24) is 9.80 Å². The van der Waals surface area contributed by atoms with Crippen LogP contribution in [0.3, 0.4) is 0 Å². The second-order valence-electron chi connectivity index (χ2n) is 8.53. The van der Waals surface area contributed by atoms with Crippen molar-refractivity contribution in [3.8, 4) is 5.75 Å². The molecule has 2 fully saturated rings. The summed E-state index contributed by atoms with van der Waals surface area (Å²) in [5, 5.41) is 0.768. The van der Waals surface area contributed by atoms with Gasteiger partial charge in [-0.15, -0.1) is 0 Å². The van der Waals surface area contributed by atoms with Gasteiger partial charge in [-0.05, 0) is 29.8 Å². The van der Waals surface area contributed by atoms with E-state index < -0.39 is 29.4 Å². The van der Waals surface area contributed by atoms with Crippen LogP contribution in [0.4, 0.5) is 0 Å². The fourth-order valence-electron chi connectivity index (χ4n) is 4.76. The molecule has 8 nitrogen and oxygen atoms in total. The lowest BCUT2D eigenvalue weighted by molar-refractivity contribution is -0.141. The molecule has 176 valence electrons. The number of Topliss-reactive ketones (excluding diaryl/α,β-unsaturated/α-hetero) is 2. The number of methoxy groups -OCH3 is 1. The number of benzene rings is 2. The van der Waals surface area contributed by atoms with Crippen molar-refractivity contribution in [2.24, 2.45) is 5.92 Å². The van der Waals surface area contributed by atoms with E-state index in [0.717, 1.165) is 18.5 Å². The number of rotatable bonds is 7. The van der Waals surface area contributed by atoms with E-state index in [2.05, 4.69) is 4.90 Å². The zero-order valence-corrected chi connectivity index (χ0v) is 18.9. The maximum absolute atomic E-state index is 13.6. The Hall–Kier alpha value is -3.49. The van der Waals surface area contributed by atoms with Crippen LogP contribution in [0, 0.1) is 5.92 Å². The Kier molecular flexibility index (Phi) is 6.17. The van der Waals surface area contributed by atoms with Crippen molar-refractivity contribution in [3.63, 3.8) is 0 Å². The van der Waals surface area contributed by atoms with Gasteiger partial charge in [-0.1, -0.05) is 30.3 Å². The number of hydrogen-bond acceptors (Lipinski definition) is 7. The van der Waals surface area contributed by atoms with Gasteiger partial charge in [0.15, 0.2) is 5.76 Å². The van der Waals surface area contributed by atoms with Crippen LogP contribution in [0.15, 0.2) is 59.0 Å². The largest absolute Gasteiger partial charge is 0.497 e. The summed E-state index contributed by atoms with van der Waals surface area (Å²) in [6, 6.07) is 15.3. The van der Waals surface area contributed by atoms with Crippen LogP contribution in [0.5, 0.6) is 5.75 Å². The lowest BCUT2D eigenvalue weighted by Gasteiger charge is -2.31. The Bertz CT molecular complexity index is 1200. The number of ketones is 2. The molecule has 2 aliphatic heterocycles. The number of furan rings is 1. The third kappa shape index (κ3) is 4.10. The molecule has 0 radical (unpaired) electrons. The summed E-state index contributed by atoms with van der Waals surface area (Å²) < 4.78 is 16.5. The monoisotopic (exact) mass is 462 g/mol. The first-order valence-electron chi connectivity index (χ1n) is 11.4. The third-order valence-electron chi connectivity index (χ3n) is 6.55. The van der Waals surface area contributed by atoms with Gasteiger partial charge in [-0.2, -0.15) is 0 Å². The summed E-state index contributed by atoms with van der Waals surface area (Å²) in [7, 11) is 1.55. The van der Waals surface area contributed by atoms with Gasteiger partial charge in [0.05, 0.1) is 26.4 Å². The second kappa shape index (κ2) is 9.40.